The zero-order chi connectivity index (χ0) is 52.3. The number of carbonyl (C=O) groups is 3. The van der Waals surface area contributed by atoms with E-state index in [9.17, 15) is 14.4 Å². The Balaban J connectivity index is 4.25. The molecule has 0 rings (SSSR count). The third-order valence-electron chi connectivity index (χ3n) is 15.3. The summed E-state index contributed by atoms with van der Waals surface area (Å²) >= 11 is 0. The Kier molecular flexibility index (Phi) is 58.9. The third kappa shape index (κ3) is 59.3. The van der Waals surface area contributed by atoms with Crippen LogP contribution in [0.1, 0.15) is 381 Å². The lowest BCUT2D eigenvalue weighted by molar-refractivity contribution is -0.167. The summed E-state index contributed by atoms with van der Waals surface area (Å²) in [4.78, 5) is 38.3. The van der Waals surface area contributed by atoms with E-state index in [0.717, 1.165) is 63.7 Å². The minimum Gasteiger partial charge on any atom is -0.462 e. The van der Waals surface area contributed by atoms with Crippen LogP contribution in [0.2, 0.25) is 0 Å². The topological polar surface area (TPSA) is 78.9 Å². The zero-order valence-corrected chi connectivity index (χ0v) is 49.4. The minimum absolute atomic E-state index is 0.0609. The SMILES string of the molecule is CCCCCCCCCCCCCCCCCCCCC(=O)OC[C@H](COC(=O)CCCCCCCCCCCCCCCCCCCCC(C)C)OC(=O)CCCCCCCCCCCCCCCCC. The van der Waals surface area contributed by atoms with Gasteiger partial charge in [0.05, 0.1) is 0 Å². The van der Waals surface area contributed by atoms with E-state index < -0.39 is 6.10 Å². The molecule has 428 valence electrons. The zero-order valence-electron chi connectivity index (χ0n) is 49.4. The van der Waals surface area contributed by atoms with E-state index in [1.165, 1.54) is 276 Å². The second kappa shape index (κ2) is 60.3. The molecule has 0 spiro atoms. The first kappa shape index (κ1) is 70.4. The molecule has 0 radical (unpaired) electrons. The van der Waals surface area contributed by atoms with Crippen molar-refractivity contribution in [2.45, 2.75) is 387 Å². The number of ether oxygens (including phenoxy) is 3. The van der Waals surface area contributed by atoms with Crippen LogP contribution in [0.3, 0.4) is 0 Å². The minimum atomic E-state index is -0.763. The predicted octanol–water partition coefficient (Wildman–Crippen LogP) is 22.1. The van der Waals surface area contributed by atoms with Crippen molar-refractivity contribution in [2.24, 2.45) is 5.92 Å². The van der Waals surface area contributed by atoms with Gasteiger partial charge < -0.3 is 14.2 Å². The average molecular weight is 1020 g/mol. The quantitative estimate of drug-likeness (QED) is 0.0343. The fourth-order valence-electron chi connectivity index (χ4n) is 10.3. The van der Waals surface area contributed by atoms with E-state index in [2.05, 4.69) is 27.7 Å². The van der Waals surface area contributed by atoms with Gasteiger partial charge in [-0.15, -0.1) is 0 Å². The van der Waals surface area contributed by atoms with Crippen molar-refractivity contribution < 1.29 is 28.6 Å². The van der Waals surface area contributed by atoms with Gasteiger partial charge in [-0.3, -0.25) is 14.4 Å². The van der Waals surface area contributed by atoms with E-state index in [0.29, 0.717) is 19.3 Å². The van der Waals surface area contributed by atoms with Crippen LogP contribution in [-0.4, -0.2) is 37.2 Å². The van der Waals surface area contributed by atoms with Gasteiger partial charge in [0.15, 0.2) is 6.10 Å². The average Bonchev–Trinajstić information content (AvgIpc) is 3.37. The van der Waals surface area contributed by atoms with Crippen LogP contribution in [-0.2, 0) is 28.6 Å². The molecule has 1 atom stereocenters. The van der Waals surface area contributed by atoms with E-state index in [4.69, 9.17) is 14.2 Å². The first-order valence-corrected chi connectivity index (χ1v) is 32.9. The van der Waals surface area contributed by atoms with Gasteiger partial charge in [0.1, 0.15) is 13.2 Å². The van der Waals surface area contributed by atoms with E-state index in [1.807, 2.05) is 0 Å². The number of unbranched alkanes of at least 4 members (excludes halogenated alkanes) is 48. The number of esters is 3. The number of hydrogen-bond donors (Lipinski definition) is 0. The molecule has 0 aliphatic carbocycles. The Hall–Kier alpha value is -1.59. The van der Waals surface area contributed by atoms with Crippen LogP contribution in [0.15, 0.2) is 0 Å². The lowest BCUT2D eigenvalue weighted by Gasteiger charge is -2.18. The van der Waals surface area contributed by atoms with Gasteiger partial charge in [0, 0.05) is 19.3 Å². The summed E-state index contributed by atoms with van der Waals surface area (Å²) in [7, 11) is 0. The molecule has 6 heteroatoms. The molecule has 0 bridgehead atoms. The molecule has 0 aromatic heterocycles. The molecule has 6 nitrogen and oxygen atoms in total. The molecular formula is C66H128O6. The normalized spacial score (nSPS) is 12.0. The predicted molar refractivity (Wildman–Crippen MR) is 312 cm³/mol. The second-order valence-electron chi connectivity index (χ2n) is 23.2. The summed E-state index contributed by atoms with van der Waals surface area (Å²) in [6.45, 7) is 9.11. The molecule has 0 amide bonds. The van der Waals surface area contributed by atoms with Crippen molar-refractivity contribution >= 4 is 17.9 Å². The summed E-state index contributed by atoms with van der Waals surface area (Å²) < 4.78 is 17.0. The highest BCUT2D eigenvalue weighted by molar-refractivity contribution is 5.71. The van der Waals surface area contributed by atoms with Crippen LogP contribution < -0.4 is 0 Å². The van der Waals surface area contributed by atoms with E-state index in [1.54, 1.807) is 0 Å². The Labute approximate surface area is 450 Å². The summed E-state index contributed by atoms with van der Waals surface area (Å²) in [5.41, 5.74) is 0. The van der Waals surface area contributed by atoms with Gasteiger partial charge in [-0.2, -0.15) is 0 Å². The molecular weight excluding hydrogens is 889 g/mol. The van der Waals surface area contributed by atoms with Crippen LogP contribution in [0.25, 0.3) is 0 Å². The summed E-state index contributed by atoms with van der Waals surface area (Å²) in [5, 5.41) is 0. The molecule has 0 aliphatic heterocycles. The van der Waals surface area contributed by atoms with Crippen LogP contribution in [0.5, 0.6) is 0 Å². The summed E-state index contributed by atoms with van der Waals surface area (Å²) in [6.07, 6.45) is 68.2. The van der Waals surface area contributed by atoms with Crippen LogP contribution in [0, 0.1) is 5.92 Å². The maximum absolute atomic E-state index is 12.9. The van der Waals surface area contributed by atoms with Crippen LogP contribution in [0.4, 0.5) is 0 Å². The molecule has 0 aromatic carbocycles. The van der Waals surface area contributed by atoms with Gasteiger partial charge >= 0.3 is 17.9 Å². The Morgan fingerprint density at radius 2 is 0.458 bits per heavy atom. The molecule has 72 heavy (non-hydrogen) atoms. The maximum atomic E-state index is 12.9. The Bertz CT molecular complexity index is 1090. The van der Waals surface area contributed by atoms with Crippen molar-refractivity contribution in [1.29, 1.82) is 0 Å². The van der Waals surface area contributed by atoms with Gasteiger partial charge in [-0.25, -0.2) is 0 Å². The number of rotatable bonds is 61. The van der Waals surface area contributed by atoms with Crippen LogP contribution >= 0.6 is 0 Å². The van der Waals surface area contributed by atoms with E-state index in [-0.39, 0.29) is 31.1 Å². The van der Waals surface area contributed by atoms with Crippen molar-refractivity contribution in [2.75, 3.05) is 13.2 Å². The molecule has 0 N–H and O–H groups in total. The highest BCUT2D eigenvalue weighted by Crippen LogP contribution is 2.19. The molecule has 0 aromatic rings. The summed E-state index contributed by atoms with van der Waals surface area (Å²) in [6, 6.07) is 0. The van der Waals surface area contributed by atoms with Crippen molar-refractivity contribution in [3.05, 3.63) is 0 Å². The van der Waals surface area contributed by atoms with Crippen molar-refractivity contribution in [3.8, 4) is 0 Å². The molecule has 0 aliphatic rings. The van der Waals surface area contributed by atoms with E-state index >= 15 is 0 Å². The highest BCUT2D eigenvalue weighted by Gasteiger charge is 2.19. The van der Waals surface area contributed by atoms with Crippen molar-refractivity contribution in [3.63, 3.8) is 0 Å². The number of carbonyl (C=O) groups excluding carboxylic acids is 3. The van der Waals surface area contributed by atoms with Crippen molar-refractivity contribution in [1.82, 2.24) is 0 Å². The lowest BCUT2D eigenvalue weighted by atomic mass is 10.0. The maximum Gasteiger partial charge on any atom is 0.306 e. The Morgan fingerprint density at radius 3 is 0.681 bits per heavy atom. The highest BCUT2D eigenvalue weighted by atomic mass is 16.6. The fourth-order valence-corrected chi connectivity index (χ4v) is 10.3. The third-order valence-corrected chi connectivity index (χ3v) is 15.3. The first-order valence-electron chi connectivity index (χ1n) is 32.9. The van der Waals surface area contributed by atoms with Gasteiger partial charge in [0.25, 0.3) is 0 Å². The Morgan fingerprint density at radius 1 is 0.264 bits per heavy atom. The number of hydrogen-bond acceptors (Lipinski definition) is 6. The lowest BCUT2D eigenvalue weighted by Crippen LogP contribution is -2.30. The molecule has 0 unspecified atom stereocenters. The standard InChI is InChI=1S/C66H128O6/c1-5-7-9-11-13-15-17-19-21-22-26-30-33-37-41-45-49-53-57-64(67)70-60-63(72-66(69)59-55-51-47-43-39-35-28-20-18-16-14-12-10-8-6-2)61-71-65(68)58-54-50-46-42-38-34-31-27-24-23-25-29-32-36-40-44-48-52-56-62(3)4/h62-63H,5-61H2,1-4H3/t63-/m1/s1. The molecule has 0 fully saturated rings. The van der Waals surface area contributed by atoms with Gasteiger partial charge in [0.2, 0.25) is 0 Å². The van der Waals surface area contributed by atoms with Gasteiger partial charge in [-0.1, -0.05) is 342 Å². The molecule has 0 heterocycles. The summed E-state index contributed by atoms with van der Waals surface area (Å²) in [5.74, 6) is 0.0342. The monoisotopic (exact) mass is 1020 g/mol. The smallest absolute Gasteiger partial charge is 0.306 e. The molecule has 0 saturated carbocycles. The van der Waals surface area contributed by atoms with Gasteiger partial charge in [-0.05, 0) is 25.2 Å². The fraction of sp³-hybridized carbons (Fsp3) is 0.955. The second-order valence-corrected chi connectivity index (χ2v) is 23.2. The largest absolute Gasteiger partial charge is 0.462 e. The molecule has 0 saturated heterocycles. The first-order chi connectivity index (χ1) is 35.4.